The van der Waals surface area contributed by atoms with E-state index in [1.807, 2.05) is 13.8 Å². The Morgan fingerprint density at radius 2 is 2.25 bits per heavy atom. The van der Waals surface area contributed by atoms with Crippen LogP contribution in [0.5, 0.6) is 0 Å². The standard InChI is InChI=1S/C10H13BrClN3O/c1-5(2)8(13)10(16)15-7-3-6(11)4-14-9(7)12/h3-5,8H,13H2,1-2H3,(H,15,16)/t8-/m0/s1. The predicted molar refractivity (Wildman–Crippen MR) is 68.4 cm³/mol. The molecule has 0 saturated heterocycles. The maximum atomic E-state index is 11.7. The molecule has 0 radical (unpaired) electrons. The van der Waals surface area contributed by atoms with Gasteiger partial charge in [0.15, 0.2) is 5.15 Å². The predicted octanol–water partition coefficient (Wildman–Crippen LogP) is 2.42. The number of hydrogen-bond donors (Lipinski definition) is 2. The number of amides is 1. The summed E-state index contributed by atoms with van der Waals surface area (Å²) in [6.07, 6.45) is 1.56. The summed E-state index contributed by atoms with van der Waals surface area (Å²) in [5.41, 5.74) is 6.16. The minimum atomic E-state index is -0.560. The van der Waals surface area contributed by atoms with Crippen molar-refractivity contribution in [2.75, 3.05) is 5.32 Å². The first kappa shape index (κ1) is 13.4. The van der Waals surface area contributed by atoms with Crippen molar-refractivity contribution in [2.45, 2.75) is 19.9 Å². The fourth-order valence-electron chi connectivity index (χ4n) is 1.03. The number of pyridine rings is 1. The van der Waals surface area contributed by atoms with E-state index in [0.29, 0.717) is 5.69 Å². The second kappa shape index (κ2) is 5.61. The van der Waals surface area contributed by atoms with Crippen LogP contribution in [0.25, 0.3) is 0 Å². The highest BCUT2D eigenvalue weighted by Gasteiger charge is 2.18. The highest BCUT2D eigenvalue weighted by atomic mass is 79.9. The summed E-state index contributed by atoms with van der Waals surface area (Å²) >= 11 is 9.09. The molecule has 6 heteroatoms. The molecule has 16 heavy (non-hydrogen) atoms. The molecule has 1 aromatic heterocycles. The summed E-state index contributed by atoms with van der Waals surface area (Å²) in [4.78, 5) is 15.6. The van der Waals surface area contributed by atoms with Crippen molar-refractivity contribution in [3.63, 3.8) is 0 Å². The molecular weight excluding hydrogens is 293 g/mol. The number of nitrogens with zero attached hydrogens (tertiary/aromatic N) is 1. The molecule has 3 N–H and O–H groups in total. The van der Waals surface area contributed by atoms with Gasteiger partial charge in [0.25, 0.3) is 0 Å². The van der Waals surface area contributed by atoms with Gasteiger partial charge in [-0.2, -0.15) is 0 Å². The molecule has 1 amide bonds. The summed E-state index contributed by atoms with van der Waals surface area (Å²) in [7, 11) is 0. The van der Waals surface area contributed by atoms with Crippen LogP contribution in [-0.4, -0.2) is 16.9 Å². The first-order chi connectivity index (χ1) is 7.41. The fraction of sp³-hybridized carbons (Fsp3) is 0.400. The van der Waals surface area contributed by atoms with Gasteiger partial charge in [0.05, 0.1) is 11.7 Å². The lowest BCUT2D eigenvalue weighted by molar-refractivity contribution is -0.118. The van der Waals surface area contributed by atoms with E-state index in [2.05, 4.69) is 26.2 Å². The Morgan fingerprint density at radius 1 is 1.62 bits per heavy atom. The van der Waals surface area contributed by atoms with Gasteiger partial charge in [0.1, 0.15) is 0 Å². The molecule has 0 aliphatic carbocycles. The van der Waals surface area contributed by atoms with Crippen LogP contribution in [0.15, 0.2) is 16.7 Å². The first-order valence-electron chi connectivity index (χ1n) is 4.79. The zero-order chi connectivity index (χ0) is 12.3. The summed E-state index contributed by atoms with van der Waals surface area (Å²) in [5, 5.41) is 2.89. The van der Waals surface area contributed by atoms with Gasteiger partial charge in [-0.25, -0.2) is 4.98 Å². The number of rotatable bonds is 3. The Hall–Kier alpha value is -0.650. The van der Waals surface area contributed by atoms with Crippen molar-refractivity contribution < 1.29 is 4.79 Å². The summed E-state index contributed by atoms with van der Waals surface area (Å²) < 4.78 is 0.741. The van der Waals surface area contributed by atoms with Crippen molar-refractivity contribution in [1.82, 2.24) is 4.98 Å². The number of nitrogens with two attached hydrogens (primary N) is 1. The fourth-order valence-corrected chi connectivity index (χ4v) is 1.51. The molecule has 0 aliphatic rings. The van der Waals surface area contributed by atoms with Gasteiger partial charge in [-0.05, 0) is 27.9 Å². The molecule has 0 aromatic carbocycles. The Kier molecular flexibility index (Phi) is 4.70. The zero-order valence-electron chi connectivity index (χ0n) is 9.00. The summed E-state index contributed by atoms with van der Waals surface area (Å²) in [6.45, 7) is 3.76. The molecule has 4 nitrogen and oxygen atoms in total. The lowest BCUT2D eigenvalue weighted by Crippen LogP contribution is -2.39. The number of carbonyl (C=O) groups is 1. The molecule has 1 rings (SSSR count). The van der Waals surface area contributed by atoms with E-state index in [-0.39, 0.29) is 17.0 Å². The van der Waals surface area contributed by atoms with E-state index in [1.165, 1.54) is 0 Å². The van der Waals surface area contributed by atoms with Crippen LogP contribution in [0.2, 0.25) is 5.15 Å². The first-order valence-corrected chi connectivity index (χ1v) is 5.96. The highest BCUT2D eigenvalue weighted by Crippen LogP contribution is 2.23. The molecule has 1 aromatic rings. The van der Waals surface area contributed by atoms with Crippen LogP contribution in [0.4, 0.5) is 5.69 Å². The number of anilines is 1. The Labute approximate surface area is 108 Å². The molecule has 0 fully saturated rings. The third-order valence-corrected chi connectivity index (χ3v) is 2.82. The number of halogens is 2. The molecule has 0 bridgehead atoms. The molecule has 1 heterocycles. The van der Waals surface area contributed by atoms with Gasteiger partial charge in [-0.15, -0.1) is 0 Å². The third-order valence-electron chi connectivity index (χ3n) is 2.08. The van der Waals surface area contributed by atoms with Crippen LogP contribution in [0.1, 0.15) is 13.8 Å². The Balaban J connectivity index is 2.80. The lowest BCUT2D eigenvalue weighted by atomic mass is 10.1. The monoisotopic (exact) mass is 305 g/mol. The number of nitrogens with one attached hydrogen (secondary N) is 1. The average molecular weight is 307 g/mol. The number of carbonyl (C=O) groups excluding carboxylic acids is 1. The van der Waals surface area contributed by atoms with Crippen LogP contribution < -0.4 is 11.1 Å². The van der Waals surface area contributed by atoms with Crippen LogP contribution in [-0.2, 0) is 4.79 Å². The molecule has 1 atom stereocenters. The van der Waals surface area contributed by atoms with E-state index in [1.54, 1.807) is 12.3 Å². The number of aromatic nitrogens is 1. The summed E-state index contributed by atoms with van der Waals surface area (Å²) in [6, 6.07) is 1.12. The topological polar surface area (TPSA) is 68.0 Å². The van der Waals surface area contributed by atoms with Crippen LogP contribution in [0.3, 0.4) is 0 Å². The SMILES string of the molecule is CC(C)[C@H](N)C(=O)Nc1cc(Br)cnc1Cl. The van der Waals surface area contributed by atoms with E-state index in [9.17, 15) is 4.79 Å². The average Bonchev–Trinajstić information content (AvgIpc) is 2.22. The minimum Gasteiger partial charge on any atom is -0.322 e. The van der Waals surface area contributed by atoms with Gasteiger partial charge >= 0.3 is 0 Å². The van der Waals surface area contributed by atoms with Crippen molar-refractivity contribution in [3.8, 4) is 0 Å². The smallest absolute Gasteiger partial charge is 0.241 e. The quantitative estimate of drug-likeness (QED) is 0.843. The van der Waals surface area contributed by atoms with Crippen molar-refractivity contribution >= 4 is 39.1 Å². The number of hydrogen-bond acceptors (Lipinski definition) is 3. The highest BCUT2D eigenvalue weighted by molar-refractivity contribution is 9.10. The summed E-state index contributed by atoms with van der Waals surface area (Å²) in [5.74, 6) is -0.198. The second-order valence-corrected chi connectivity index (χ2v) is 5.02. The zero-order valence-corrected chi connectivity index (χ0v) is 11.3. The van der Waals surface area contributed by atoms with Gasteiger partial charge in [0.2, 0.25) is 5.91 Å². The molecular formula is C10H13BrClN3O. The second-order valence-electron chi connectivity index (χ2n) is 3.75. The van der Waals surface area contributed by atoms with Crippen molar-refractivity contribution in [2.24, 2.45) is 11.7 Å². The maximum Gasteiger partial charge on any atom is 0.241 e. The minimum absolute atomic E-state index is 0.0684. The largest absolute Gasteiger partial charge is 0.322 e. The normalized spacial score (nSPS) is 12.6. The molecule has 0 saturated carbocycles. The Morgan fingerprint density at radius 3 is 2.81 bits per heavy atom. The third kappa shape index (κ3) is 3.43. The van der Waals surface area contributed by atoms with Crippen molar-refractivity contribution in [1.29, 1.82) is 0 Å². The molecule has 88 valence electrons. The molecule has 0 unspecified atom stereocenters. The van der Waals surface area contributed by atoms with Gasteiger partial charge in [0, 0.05) is 10.7 Å². The van der Waals surface area contributed by atoms with Crippen LogP contribution in [0, 0.1) is 5.92 Å². The van der Waals surface area contributed by atoms with E-state index < -0.39 is 6.04 Å². The lowest BCUT2D eigenvalue weighted by Gasteiger charge is -2.15. The Bertz CT molecular complexity index is 398. The van der Waals surface area contributed by atoms with Gasteiger partial charge in [-0.1, -0.05) is 25.4 Å². The van der Waals surface area contributed by atoms with Crippen molar-refractivity contribution in [3.05, 3.63) is 21.9 Å². The maximum absolute atomic E-state index is 11.7. The van der Waals surface area contributed by atoms with Crippen LogP contribution >= 0.6 is 27.5 Å². The van der Waals surface area contributed by atoms with E-state index in [0.717, 1.165) is 4.47 Å². The van der Waals surface area contributed by atoms with E-state index in [4.69, 9.17) is 17.3 Å². The molecule has 0 spiro atoms. The van der Waals surface area contributed by atoms with Gasteiger partial charge in [-0.3, -0.25) is 4.79 Å². The van der Waals surface area contributed by atoms with Gasteiger partial charge < -0.3 is 11.1 Å². The van der Waals surface area contributed by atoms with E-state index >= 15 is 0 Å². The molecule has 0 aliphatic heterocycles.